The SMILES string of the molecule is Cc1nc(-c2ccc(F)cc2)sc1C(=O)OCC(=O)c1ccccc1Cl. The Labute approximate surface area is 158 Å². The van der Waals surface area contributed by atoms with Gasteiger partial charge in [0.15, 0.2) is 6.61 Å². The van der Waals surface area contributed by atoms with E-state index in [9.17, 15) is 14.0 Å². The highest BCUT2D eigenvalue weighted by molar-refractivity contribution is 7.17. The highest BCUT2D eigenvalue weighted by Crippen LogP contribution is 2.28. The third kappa shape index (κ3) is 3.98. The van der Waals surface area contributed by atoms with Gasteiger partial charge in [-0.15, -0.1) is 11.3 Å². The third-order valence-corrected chi connectivity index (χ3v) is 5.10. The maximum absolute atomic E-state index is 13.0. The predicted molar refractivity (Wildman–Crippen MR) is 98.3 cm³/mol. The first-order valence-electron chi connectivity index (χ1n) is 7.64. The second kappa shape index (κ2) is 7.76. The molecule has 0 radical (unpaired) electrons. The summed E-state index contributed by atoms with van der Waals surface area (Å²) in [4.78, 5) is 29.0. The van der Waals surface area contributed by atoms with Crippen LogP contribution >= 0.6 is 22.9 Å². The first-order chi connectivity index (χ1) is 12.5. The average Bonchev–Trinajstić information content (AvgIpc) is 3.02. The number of hydrogen-bond acceptors (Lipinski definition) is 5. The molecule has 4 nitrogen and oxygen atoms in total. The average molecular weight is 390 g/mol. The molecule has 0 bridgehead atoms. The second-order valence-corrected chi connectivity index (χ2v) is 6.83. The van der Waals surface area contributed by atoms with Gasteiger partial charge < -0.3 is 4.74 Å². The van der Waals surface area contributed by atoms with Crippen molar-refractivity contribution in [2.45, 2.75) is 6.92 Å². The first-order valence-corrected chi connectivity index (χ1v) is 8.83. The number of halogens is 2. The van der Waals surface area contributed by atoms with Crippen molar-refractivity contribution < 1.29 is 18.7 Å². The van der Waals surface area contributed by atoms with Crippen LogP contribution in [0.15, 0.2) is 48.5 Å². The van der Waals surface area contributed by atoms with Crippen LogP contribution in [0.5, 0.6) is 0 Å². The Morgan fingerprint density at radius 1 is 1.15 bits per heavy atom. The molecule has 26 heavy (non-hydrogen) atoms. The first kappa shape index (κ1) is 18.2. The van der Waals surface area contributed by atoms with Gasteiger partial charge in [-0.25, -0.2) is 14.2 Å². The molecule has 0 aliphatic rings. The van der Waals surface area contributed by atoms with E-state index in [-0.39, 0.29) is 11.6 Å². The van der Waals surface area contributed by atoms with Gasteiger partial charge in [0, 0.05) is 11.1 Å². The lowest BCUT2D eigenvalue weighted by molar-refractivity contribution is 0.0478. The summed E-state index contributed by atoms with van der Waals surface area (Å²) >= 11 is 7.09. The molecule has 3 aromatic rings. The maximum Gasteiger partial charge on any atom is 0.350 e. The van der Waals surface area contributed by atoms with Crippen LogP contribution in [0, 0.1) is 12.7 Å². The van der Waals surface area contributed by atoms with Crippen LogP contribution in [0.4, 0.5) is 4.39 Å². The second-order valence-electron chi connectivity index (χ2n) is 5.42. The van der Waals surface area contributed by atoms with E-state index in [0.29, 0.717) is 31.7 Å². The molecule has 7 heteroatoms. The minimum atomic E-state index is -0.631. The van der Waals surface area contributed by atoms with Crippen molar-refractivity contribution in [3.05, 3.63) is 75.5 Å². The number of benzene rings is 2. The standard InChI is InChI=1S/C19H13ClFNO3S/c1-11-17(26-18(22-11)12-6-8-13(21)9-7-12)19(24)25-10-16(23)14-4-2-3-5-15(14)20/h2-9H,10H2,1H3. The van der Waals surface area contributed by atoms with E-state index in [1.807, 2.05) is 0 Å². The molecule has 0 atom stereocenters. The zero-order valence-electron chi connectivity index (χ0n) is 13.7. The largest absolute Gasteiger partial charge is 0.453 e. The van der Waals surface area contributed by atoms with Gasteiger partial charge in [0.1, 0.15) is 15.7 Å². The molecular formula is C19H13ClFNO3S. The summed E-state index contributed by atoms with van der Waals surface area (Å²) < 4.78 is 18.1. The zero-order chi connectivity index (χ0) is 18.7. The number of ketones is 1. The number of aromatic nitrogens is 1. The Morgan fingerprint density at radius 2 is 1.85 bits per heavy atom. The number of thiazole rings is 1. The zero-order valence-corrected chi connectivity index (χ0v) is 15.2. The number of carbonyl (C=O) groups is 2. The molecule has 2 aromatic carbocycles. The van der Waals surface area contributed by atoms with Gasteiger partial charge in [-0.05, 0) is 43.3 Å². The number of aryl methyl sites for hydroxylation is 1. The van der Waals surface area contributed by atoms with E-state index in [4.69, 9.17) is 16.3 Å². The van der Waals surface area contributed by atoms with Crippen LogP contribution < -0.4 is 0 Å². The molecule has 0 aliphatic carbocycles. The summed E-state index contributed by atoms with van der Waals surface area (Å²) in [6.45, 7) is 1.27. The van der Waals surface area contributed by atoms with E-state index in [1.165, 1.54) is 12.1 Å². The number of rotatable bonds is 5. The van der Waals surface area contributed by atoms with Crippen molar-refractivity contribution in [3.63, 3.8) is 0 Å². The van der Waals surface area contributed by atoms with E-state index in [1.54, 1.807) is 43.3 Å². The Bertz CT molecular complexity index is 969. The number of carbonyl (C=O) groups excluding carboxylic acids is 2. The molecule has 1 heterocycles. The van der Waals surface area contributed by atoms with E-state index < -0.39 is 12.6 Å². The molecule has 1 aromatic heterocycles. The lowest BCUT2D eigenvalue weighted by Crippen LogP contribution is -2.14. The monoisotopic (exact) mass is 389 g/mol. The molecule has 0 fully saturated rings. The van der Waals surface area contributed by atoms with E-state index in [2.05, 4.69) is 4.98 Å². The van der Waals surface area contributed by atoms with Gasteiger partial charge in [-0.3, -0.25) is 4.79 Å². The molecule has 0 amide bonds. The summed E-state index contributed by atoms with van der Waals surface area (Å²) in [7, 11) is 0. The maximum atomic E-state index is 13.0. The van der Waals surface area contributed by atoms with Crippen LogP contribution in [0.2, 0.25) is 5.02 Å². The normalized spacial score (nSPS) is 10.6. The number of ether oxygens (including phenoxy) is 1. The van der Waals surface area contributed by atoms with Crippen molar-refractivity contribution in [2.75, 3.05) is 6.61 Å². The fraction of sp³-hybridized carbons (Fsp3) is 0.105. The van der Waals surface area contributed by atoms with Crippen molar-refractivity contribution >= 4 is 34.7 Å². The lowest BCUT2D eigenvalue weighted by atomic mass is 10.1. The fourth-order valence-corrected chi connectivity index (χ4v) is 3.47. The highest BCUT2D eigenvalue weighted by Gasteiger charge is 2.19. The third-order valence-electron chi connectivity index (χ3n) is 3.58. The van der Waals surface area contributed by atoms with Crippen LogP contribution in [0.3, 0.4) is 0 Å². The van der Waals surface area contributed by atoms with Crippen LogP contribution in [-0.2, 0) is 4.74 Å². The number of nitrogens with zero attached hydrogens (tertiary/aromatic N) is 1. The van der Waals surface area contributed by atoms with Gasteiger partial charge in [0.2, 0.25) is 5.78 Å². The molecule has 3 rings (SSSR count). The van der Waals surface area contributed by atoms with Gasteiger partial charge >= 0.3 is 5.97 Å². The minimum absolute atomic E-state index is 0.301. The lowest BCUT2D eigenvalue weighted by Gasteiger charge is -2.04. The minimum Gasteiger partial charge on any atom is -0.453 e. The molecule has 0 saturated carbocycles. The number of esters is 1. The van der Waals surface area contributed by atoms with Crippen molar-refractivity contribution in [1.29, 1.82) is 0 Å². The molecular weight excluding hydrogens is 377 g/mol. The quantitative estimate of drug-likeness (QED) is 0.457. The van der Waals surface area contributed by atoms with Gasteiger partial charge in [0.05, 0.1) is 10.7 Å². The van der Waals surface area contributed by atoms with Gasteiger partial charge in [0.25, 0.3) is 0 Å². The fourth-order valence-electron chi connectivity index (χ4n) is 2.26. The molecule has 0 N–H and O–H groups in total. The Hall–Kier alpha value is -2.57. The highest BCUT2D eigenvalue weighted by atomic mass is 35.5. The summed E-state index contributed by atoms with van der Waals surface area (Å²) in [5, 5.41) is 0.882. The summed E-state index contributed by atoms with van der Waals surface area (Å²) in [6, 6.07) is 12.4. The Balaban J connectivity index is 1.71. The van der Waals surface area contributed by atoms with Gasteiger partial charge in [-0.1, -0.05) is 23.7 Å². The van der Waals surface area contributed by atoms with Crippen molar-refractivity contribution in [3.8, 4) is 10.6 Å². The molecule has 0 spiro atoms. The molecule has 0 aliphatic heterocycles. The topological polar surface area (TPSA) is 56.3 Å². The van der Waals surface area contributed by atoms with Crippen molar-refractivity contribution in [2.24, 2.45) is 0 Å². The van der Waals surface area contributed by atoms with Crippen molar-refractivity contribution in [1.82, 2.24) is 4.98 Å². The predicted octanol–water partition coefficient (Wildman–Crippen LogP) is 4.95. The van der Waals surface area contributed by atoms with Crippen LogP contribution in [0.25, 0.3) is 10.6 Å². The molecule has 0 unspecified atom stereocenters. The molecule has 132 valence electrons. The van der Waals surface area contributed by atoms with E-state index in [0.717, 1.165) is 11.3 Å². The summed E-state index contributed by atoms with van der Waals surface area (Å²) in [5.74, 6) is -1.36. The van der Waals surface area contributed by atoms with Gasteiger partial charge in [-0.2, -0.15) is 0 Å². The summed E-state index contributed by atoms with van der Waals surface area (Å²) in [5.41, 5.74) is 1.49. The number of Topliss-reactive ketones (excluding diaryl/α,β-unsaturated/α-hetero) is 1. The smallest absolute Gasteiger partial charge is 0.350 e. The van der Waals surface area contributed by atoms with Crippen LogP contribution in [0.1, 0.15) is 25.7 Å². The Morgan fingerprint density at radius 3 is 2.54 bits per heavy atom. The van der Waals surface area contributed by atoms with E-state index >= 15 is 0 Å². The summed E-state index contributed by atoms with van der Waals surface area (Å²) in [6.07, 6.45) is 0. The Kier molecular flexibility index (Phi) is 5.44. The number of hydrogen-bond donors (Lipinski definition) is 0. The molecule has 0 saturated heterocycles. The van der Waals surface area contributed by atoms with Crippen LogP contribution in [-0.4, -0.2) is 23.3 Å².